The molecule has 2 aromatic rings. The molecule has 0 N–H and O–H groups in total. The number of benzene rings is 1. The number of rotatable bonds is 2. The molecule has 0 saturated heterocycles. The van der Waals surface area contributed by atoms with Gasteiger partial charge in [0.1, 0.15) is 17.0 Å². The third-order valence-electron chi connectivity index (χ3n) is 3.06. The summed E-state index contributed by atoms with van der Waals surface area (Å²) in [6, 6.07) is 9.53. The molecular formula is C15H15N3O3. The Morgan fingerprint density at radius 2 is 1.86 bits per heavy atom. The zero-order valence-corrected chi connectivity index (χ0v) is 12.0. The molecule has 0 saturated carbocycles. The second-order valence-electron chi connectivity index (χ2n) is 5.21. The fraction of sp³-hybridized carbons (Fsp3) is 0.267. The number of hydrogen-bond acceptors (Lipinski definition) is 5. The molecule has 6 nitrogen and oxygen atoms in total. The van der Waals surface area contributed by atoms with E-state index < -0.39 is 11.8 Å². The Kier molecular flexibility index (Phi) is 3.01. The average molecular weight is 285 g/mol. The first kappa shape index (κ1) is 13.4. The van der Waals surface area contributed by atoms with Gasteiger partial charge in [0, 0.05) is 13.8 Å². The van der Waals surface area contributed by atoms with Crippen LogP contribution in [0, 0.1) is 0 Å². The maximum atomic E-state index is 12.1. The first-order valence-corrected chi connectivity index (χ1v) is 6.58. The Hall–Kier alpha value is -2.63. The van der Waals surface area contributed by atoms with Gasteiger partial charge in [0.2, 0.25) is 5.79 Å². The van der Waals surface area contributed by atoms with Crippen LogP contribution in [0.1, 0.15) is 26.5 Å². The first-order valence-electron chi connectivity index (χ1n) is 6.58. The number of nitrogens with zero attached hydrogens (tertiary/aromatic N) is 3. The molecule has 0 atom stereocenters. The van der Waals surface area contributed by atoms with Crippen molar-refractivity contribution in [3.63, 3.8) is 0 Å². The zero-order chi connectivity index (χ0) is 15.0. The van der Waals surface area contributed by atoms with Crippen molar-refractivity contribution < 1.29 is 14.3 Å². The van der Waals surface area contributed by atoms with E-state index in [1.807, 2.05) is 30.3 Å². The van der Waals surface area contributed by atoms with Crippen molar-refractivity contribution in [1.82, 2.24) is 15.0 Å². The van der Waals surface area contributed by atoms with E-state index in [1.165, 1.54) is 0 Å². The number of aromatic nitrogens is 3. The molecule has 1 aromatic heterocycles. The summed E-state index contributed by atoms with van der Waals surface area (Å²) in [5, 5.41) is 8.08. The topological polar surface area (TPSA) is 66.2 Å². The van der Waals surface area contributed by atoms with Gasteiger partial charge in [0.15, 0.2) is 0 Å². The second-order valence-corrected chi connectivity index (χ2v) is 5.21. The second kappa shape index (κ2) is 4.73. The van der Waals surface area contributed by atoms with Gasteiger partial charge < -0.3 is 9.47 Å². The molecule has 108 valence electrons. The largest absolute Gasteiger partial charge is 0.456 e. The van der Waals surface area contributed by atoms with E-state index in [9.17, 15) is 4.79 Å². The highest BCUT2D eigenvalue weighted by Crippen LogP contribution is 2.31. The van der Waals surface area contributed by atoms with Crippen molar-refractivity contribution >= 4 is 11.5 Å². The molecule has 0 spiro atoms. The molecule has 0 fully saturated rings. The molecule has 21 heavy (non-hydrogen) atoms. The van der Waals surface area contributed by atoms with Gasteiger partial charge in [-0.05, 0) is 19.1 Å². The fourth-order valence-corrected chi connectivity index (χ4v) is 2.23. The molecule has 1 aliphatic heterocycles. The van der Waals surface area contributed by atoms with E-state index >= 15 is 0 Å². The van der Waals surface area contributed by atoms with E-state index in [-0.39, 0.29) is 0 Å². The van der Waals surface area contributed by atoms with Crippen LogP contribution in [0.2, 0.25) is 0 Å². The van der Waals surface area contributed by atoms with Crippen LogP contribution in [-0.4, -0.2) is 26.8 Å². The van der Waals surface area contributed by atoms with Crippen molar-refractivity contribution in [2.75, 3.05) is 0 Å². The quantitative estimate of drug-likeness (QED) is 0.792. The van der Waals surface area contributed by atoms with Gasteiger partial charge in [-0.3, -0.25) is 0 Å². The standard InChI is InChI=1S/C15H15N3O3/c1-10-13(14(19)21-15(2,3)20-10)12-9-18(17-16-12)11-7-5-4-6-8-11/h4-9H,1-3H3. The van der Waals surface area contributed by atoms with E-state index in [4.69, 9.17) is 9.47 Å². The minimum absolute atomic E-state index is 0.302. The lowest BCUT2D eigenvalue weighted by atomic mass is 10.1. The monoisotopic (exact) mass is 285 g/mol. The van der Waals surface area contributed by atoms with Crippen molar-refractivity contribution in [2.24, 2.45) is 0 Å². The number of cyclic esters (lactones) is 1. The van der Waals surface area contributed by atoms with E-state index in [0.29, 0.717) is 17.0 Å². The summed E-state index contributed by atoms with van der Waals surface area (Å²) < 4.78 is 12.4. The molecule has 1 aliphatic rings. The molecule has 0 bridgehead atoms. The van der Waals surface area contributed by atoms with Gasteiger partial charge in [-0.1, -0.05) is 23.4 Å². The van der Waals surface area contributed by atoms with Crippen LogP contribution in [0.25, 0.3) is 11.3 Å². The molecule has 0 radical (unpaired) electrons. The molecule has 1 aromatic carbocycles. The van der Waals surface area contributed by atoms with Crippen LogP contribution in [0.3, 0.4) is 0 Å². The molecular weight excluding hydrogens is 270 g/mol. The summed E-state index contributed by atoms with van der Waals surface area (Å²) in [6.07, 6.45) is 1.68. The lowest BCUT2D eigenvalue weighted by Gasteiger charge is -2.31. The Morgan fingerprint density at radius 3 is 2.52 bits per heavy atom. The van der Waals surface area contributed by atoms with Crippen LogP contribution >= 0.6 is 0 Å². The van der Waals surface area contributed by atoms with Gasteiger partial charge in [-0.25, -0.2) is 9.48 Å². The van der Waals surface area contributed by atoms with Crippen LogP contribution in [0.5, 0.6) is 0 Å². The number of hydrogen-bond donors (Lipinski definition) is 0. The third kappa shape index (κ3) is 2.52. The molecule has 6 heteroatoms. The first-order chi connectivity index (χ1) is 9.96. The van der Waals surface area contributed by atoms with E-state index in [1.54, 1.807) is 31.6 Å². The van der Waals surface area contributed by atoms with Crippen molar-refractivity contribution in [3.8, 4) is 5.69 Å². The lowest BCUT2D eigenvalue weighted by molar-refractivity contribution is -0.202. The molecule has 3 rings (SSSR count). The number of carbonyl (C=O) groups excluding carboxylic acids is 1. The number of ether oxygens (including phenoxy) is 2. The SMILES string of the molecule is CC1=C(c2cn(-c3ccccc3)nn2)C(=O)OC(C)(C)O1. The Morgan fingerprint density at radius 1 is 1.14 bits per heavy atom. The maximum Gasteiger partial charge on any atom is 0.347 e. The maximum absolute atomic E-state index is 12.1. The minimum atomic E-state index is -0.958. The molecule has 2 heterocycles. The van der Waals surface area contributed by atoms with E-state index in [0.717, 1.165) is 5.69 Å². The van der Waals surface area contributed by atoms with Crippen LogP contribution in [0.4, 0.5) is 0 Å². The Labute approximate surface area is 122 Å². The molecule has 0 aliphatic carbocycles. The molecule has 0 unspecified atom stereocenters. The predicted octanol–water partition coefficient (Wildman–Crippen LogP) is 2.31. The number of esters is 1. The van der Waals surface area contributed by atoms with Crippen LogP contribution < -0.4 is 0 Å². The van der Waals surface area contributed by atoms with Crippen LogP contribution in [-0.2, 0) is 14.3 Å². The van der Waals surface area contributed by atoms with Gasteiger partial charge in [-0.15, -0.1) is 5.10 Å². The van der Waals surface area contributed by atoms with Gasteiger partial charge >= 0.3 is 5.97 Å². The number of carbonyl (C=O) groups is 1. The van der Waals surface area contributed by atoms with Gasteiger partial charge in [0.05, 0.1) is 11.9 Å². The molecule has 0 amide bonds. The van der Waals surface area contributed by atoms with Crippen molar-refractivity contribution in [3.05, 3.63) is 48.0 Å². The summed E-state index contributed by atoms with van der Waals surface area (Å²) in [5.41, 5.74) is 1.59. The predicted molar refractivity (Wildman–Crippen MR) is 75.2 cm³/mol. The van der Waals surface area contributed by atoms with Gasteiger partial charge in [-0.2, -0.15) is 0 Å². The highest BCUT2D eigenvalue weighted by Gasteiger charge is 2.36. The zero-order valence-electron chi connectivity index (χ0n) is 12.0. The van der Waals surface area contributed by atoms with Crippen molar-refractivity contribution in [2.45, 2.75) is 26.6 Å². The summed E-state index contributed by atoms with van der Waals surface area (Å²) in [5.74, 6) is -0.930. The lowest BCUT2D eigenvalue weighted by Crippen LogP contribution is -2.35. The number of para-hydroxylation sites is 1. The summed E-state index contributed by atoms with van der Waals surface area (Å²) in [7, 11) is 0. The normalized spacial score (nSPS) is 17.4. The van der Waals surface area contributed by atoms with E-state index in [2.05, 4.69) is 10.3 Å². The minimum Gasteiger partial charge on any atom is -0.456 e. The highest BCUT2D eigenvalue weighted by atomic mass is 16.7. The van der Waals surface area contributed by atoms with Gasteiger partial charge in [0.25, 0.3) is 0 Å². The average Bonchev–Trinajstić information content (AvgIpc) is 2.87. The Balaban J connectivity index is 1.99. The summed E-state index contributed by atoms with van der Waals surface area (Å²) in [6.45, 7) is 5.09. The smallest absolute Gasteiger partial charge is 0.347 e. The van der Waals surface area contributed by atoms with Crippen molar-refractivity contribution in [1.29, 1.82) is 0 Å². The fourth-order valence-electron chi connectivity index (χ4n) is 2.23. The van der Waals surface area contributed by atoms with Crippen LogP contribution in [0.15, 0.2) is 42.3 Å². The summed E-state index contributed by atoms with van der Waals surface area (Å²) in [4.78, 5) is 12.1. The Bertz CT molecular complexity index is 717. The number of allylic oxidation sites excluding steroid dienone is 1. The highest BCUT2D eigenvalue weighted by molar-refractivity contribution is 6.16. The third-order valence-corrected chi connectivity index (χ3v) is 3.06. The summed E-state index contributed by atoms with van der Waals surface area (Å²) >= 11 is 0.